The molecule has 2 aromatic rings. The zero-order chi connectivity index (χ0) is 16.7. The average Bonchev–Trinajstić information content (AvgIpc) is 2.55. The van der Waals surface area contributed by atoms with Gasteiger partial charge in [0.05, 0.1) is 12.2 Å². The highest BCUT2D eigenvalue weighted by molar-refractivity contribution is 5.92. The Morgan fingerprint density at radius 3 is 2.48 bits per heavy atom. The van der Waals surface area contributed by atoms with E-state index in [9.17, 15) is 9.59 Å². The summed E-state index contributed by atoms with van der Waals surface area (Å²) in [5.41, 5.74) is 2.74. The molecule has 0 radical (unpaired) electrons. The molecule has 0 aliphatic carbocycles. The number of hydrogen-bond acceptors (Lipinski definition) is 3. The van der Waals surface area contributed by atoms with Gasteiger partial charge in [-0.15, -0.1) is 0 Å². The largest absolute Gasteiger partial charge is 0.350 e. The van der Waals surface area contributed by atoms with E-state index in [1.807, 2.05) is 49.4 Å². The van der Waals surface area contributed by atoms with E-state index in [-0.39, 0.29) is 18.2 Å². The van der Waals surface area contributed by atoms with Gasteiger partial charge in [-0.05, 0) is 31.2 Å². The fourth-order valence-corrected chi connectivity index (χ4v) is 2.19. The van der Waals surface area contributed by atoms with Gasteiger partial charge in [0.15, 0.2) is 0 Å². The minimum absolute atomic E-state index is 0.0774. The lowest BCUT2D eigenvalue weighted by molar-refractivity contribution is -0.121. The third-order valence-corrected chi connectivity index (χ3v) is 3.48. The molecule has 0 atom stereocenters. The van der Waals surface area contributed by atoms with Crippen LogP contribution < -0.4 is 10.2 Å². The molecule has 0 unspecified atom stereocenters. The molecule has 23 heavy (non-hydrogen) atoms. The van der Waals surface area contributed by atoms with Crippen LogP contribution in [-0.4, -0.2) is 23.3 Å². The summed E-state index contributed by atoms with van der Waals surface area (Å²) in [6, 6.07) is 13.2. The zero-order valence-corrected chi connectivity index (χ0v) is 13.5. The van der Waals surface area contributed by atoms with Crippen LogP contribution in [-0.2, 0) is 16.1 Å². The lowest BCUT2D eigenvalue weighted by atomic mass is 10.2. The van der Waals surface area contributed by atoms with E-state index in [1.54, 1.807) is 11.1 Å². The molecular weight excluding hydrogens is 290 g/mol. The van der Waals surface area contributed by atoms with Gasteiger partial charge in [-0.25, -0.2) is 0 Å². The first-order valence-electron chi connectivity index (χ1n) is 7.57. The van der Waals surface area contributed by atoms with Gasteiger partial charge in [-0.2, -0.15) is 0 Å². The SMILES string of the molecule is CC(=O)N(CCC(=O)NCc1ccccn1)c1ccc(C)cc1. The maximum Gasteiger partial charge on any atom is 0.223 e. The van der Waals surface area contributed by atoms with Crippen LogP contribution in [0.1, 0.15) is 24.6 Å². The first kappa shape index (κ1) is 16.7. The van der Waals surface area contributed by atoms with Gasteiger partial charge in [0.2, 0.25) is 11.8 Å². The number of nitrogens with one attached hydrogen (secondary N) is 1. The molecule has 2 amide bonds. The topological polar surface area (TPSA) is 62.3 Å². The molecule has 1 aromatic carbocycles. The Balaban J connectivity index is 1.87. The minimum atomic E-state index is -0.103. The maximum atomic E-state index is 12.0. The number of rotatable bonds is 6. The van der Waals surface area contributed by atoms with Gasteiger partial charge in [0.1, 0.15) is 0 Å². The summed E-state index contributed by atoms with van der Waals surface area (Å²) in [5, 5.41) is 2.81. The lowest BCUT2D eigenvalue weighted by Crippen LogP contribution is -2.33. The van der Waals surface area contributed by atoms with E-state index in [0.717, 1.165) is 16.9 Å². The van der Waals surface area contributed by atoms with Crippen LogP contribution in [0.2, 0.25) is 0 Å². The Bertz CT molecular complexity index is 654. The van der Waals surface area contributed by atoms with Crippen LogP contribution >= 0.6 is 0 Å². The highest BCUT2D eigenvalue weighted by Gasteiger charge is 2.13. The number of aryl methyl sites for hydroxylation is 1. The smallest absolute Gasteiger partial charge is 0.223 e. The highest BCUT2D eigenvalue weighted by atomic mass is 16.2. The molecule has 2 rings (SSSR count). The summed E-state index contributed by atoms with van der Waals surface area (Å²) >= 11 is 0. The summed E-state index contributed by atoms with van der Waals surface area (Å²) in [7, 11) is 0. The predicted molar refractivity (Wildman–Crippen MR) is 89.9 cm³/mol. The molecule has 5 heteroatoms. The second-order valence-corrected chi connectivity index (χ2v) is 5.35. The van der Waals surface area contributed by atoms with Crippen molar-refractivity contribution in [3.8, 4) is 0 Å². The first-order chi connectivity index (χ1) is 11.1. The van der Waals surface area contributed by atoms with Crippen molar-refractivity contribution in [3.05, 3.63) is 59.9 Å². The molecule has 0 bridgehead atoms. The summed E-state index contributed by atoms with van der Waals surface area (Å²) in [5.74, 6) is -0.180. The predicted octanol–water partition coefficient (Wildman–Crippen LogP) is 2.45. The molecule has 0 aliphatic rings. The molecule has 0 spiro atoms. The van der Waals surface area contributed by atoms with Crippen molar-refractivity contribution < 1.29 is 9.59 Å². The normalized spacial score (nSPS) is 10.2. The first-order valence-corrected chi connectivity index (χ1v) is 7.57. The van der Waals surface area contributed by atoms with Crippen molar-refractivity contribution >= 4 is 17.5 Å². The van der Waals surface area contributed by atoms with Crippen molar-refractivity contribution in [2.24, 2.45) is 0 Å². The van der Waals surface area contributed by atoms with Gasteiger partial charge >= 0.3 is 0 Å². The number of benzene rings is 1. The van der Waals surface area contributed by atoms with E-state index < -0.39 is 0 Å². The number of anilines is 1. The Morgan fingerprint density at radius 2 is 1.87 bits per heavy atom. The van der Waals surface area contributed by atoms with Crippen molar-refractivity contribution in [1.82, 2.24) is 10.3 Å². The second kappa shape index (κ2) is 8.08. The van der Waals surface area contributed by atoms with Crippen molar-refractivity contribution in [3.63, 3.8) is 0 Å². The number of carbonyl (C=O) groups is 2. The number of nitrogens with zero attached hydrogens (tertiary/aromatic N) is 2. The summed E-state index contributed by atoms with van der Waals surface area (Å²) < 4.78 is 0. The number of amides is 2. The third kappa shape index (κ3) is 5.21. The van der Waals surface area contributed by atoms with Gasteiger partial charge in [-0.3, -0.25) is 14.6 Å². The van der Waals surface area contributed by atoms with E-state index in [0.29, 0.717) is 13.1 Å². The van der Waals surface area contributed by atoms with Crippen LogP contribution in [0, 0.1) is 6.92 Å². The zero-order valence-electron chi connectivity index (χ0n) is 13.5. The van der Waals surface area contributed by atoms with Crippen LogP contribution in [0.3, 0.4) is 0 Å². The monoisotopic (exact) mass is 311 g/mol. The minimum Gasteiger partial charge on any atom is -0.350 e. The van der Waals surface area contributed by atoms with E-state index in [4.69, 9.17) is 0 Å². The summed E-state index contributed by atoms with van der Waals surface area (Å²) in [6.07, 6.45) is 1.94. The fraction of sp³-hybridized carbons (Fsp3) is 0.278. The van der Waals surface area contributed by atoms with Crippen LogP contribution in [0.5, 0.6) is 0 Å². The van der Waals surface area contributed by atoms with Crippen LogP contribution in [0.4, 0.5) is 5.69 Å². The van der Waals surface area contributed by atoms with Gasteiger partial charge in [-0.1, -0.05) is 23.8 Å². The fourth-order valence-electron chi connectivity index (χ4n) is 2.19. The van der Waals surface area contributed by atoms with Crippen LogP contribution in [0.15, 0.2) is 48.7 Å². The molecule has 0 fully saturated rings. The van der Waals surface area contributed by atoms with E-state index in [2.05, 4.69) is 10.3 Å². The maximum absolute atomic E-state index is 12.0. The molecule has 0 saturated carbocycles. The summed E-state index contributed by atoms with van der Waals surface area (Å²) in [6.45, 7) is 4.25. The number of hydrogen-bond donors (Lipinski definition) is 1. The lowest BCUT2D eigenvalue weighted by Gasteiger charge is -2.21. The quantitative estimate of drug-likeness (QED) is 0.891. The number of pyridine rings is 1. The number of aromatic nitrogens is 1. The molecule has 120 valence electrons. The Morgan fingerprint density at radius 1 is 1.13 bits per heavy atom. The van der Waals surface area contributed by atoms with Crippen molar-refractivity contribution in [2.45, 2.75) is 26.8 Å². The molecule has 0 saturated heterocycles. The third-order valence-electron chi connectivity index (χ3n) is 3.48. The Hall–Kier alpha value is -2.69. The van der Waals surface area contributed by atoms with Crippen LogP contribution in [0.25, 0.3) is 0 Å². The molecule has 1 heterocycles. The van der Waals surface area contributed by atoms with Gasteiger partial charge < -0.3 is 10.2 Å². The van der Waals surface area contributed by atoms with E-state index >= 15 is 0 Å². The number of carbonyl (C=O) groups excluding carboxylic acids is 2. The van der Waals surface area contributed by atoms with Gasteiger partial charge in [0.25, 0.3) is 0 Å². The standard InChI is InChI=1S/C18H21N3O2/c1-14-6-8-17(9-7-14)21(15(2)22)12-10-18(23)20-13-16-5-3-4-11-19-16/h3-9,11H,10,12-13H2,1-2H3,(H,20,23). The molecule has 0 aliphatic heterocycles. The van der Waals surface area contributed by atoms with E-state index in [1.165, 1.54) is 6.92 Å². The van der Waals surface area contributed by atoms with Crippen molar-refractivity contribution in [2.75, 3.05) is 11.4 Å². The average molecular weight is 311 g/mol. The van der Waals surface area contributed by atoms with Gasteiger partial charge in [0, 0.05) is 31.8 Å². The molecule has 5 nitrogen and oxygen atoms in total. The highest BCUT2D eigenvalue weighted by Crippen LogP contribution is 2.15. The second-order valence-electron chi connectivity index (χ2n) is 5.35. The summed E-state index contributed by atoms with van der Waals surface area (Å²) in [4.78, 5) is 29.5. The molecular formula is C18H21N3O2. The van der Waals surface area contributed by atoms with Crippen molar-refractivity contribution in [1.29, 1.82) is 0 Å². The Kier molecular flexibility index (Phi) is 5.86. The Labute approximate surface area is 136 Å². The molecule has 1 aromatic heterocycles. The molecule has 1 N–H and O–H groups in total.